The van der Waals surface area contributed by atoms with Crippen molar-refractivity contribution in [3.8, 4) is 0 Å². The highest BCUT2D eigenvalue weighted by Crippen LogP contribution is 2.26. The summed E-state index contributed by atoms with van der Waals surface area (Å²) in [6, 6.07) is 2.00. The summed E-state index contributed by atoms with van der Waals surface area (Å²) >= 11 is 6.15. The number of hydrogen-bond acceptors (Lipinski definition) is 7. The van der Waals surface area contributed by atoms with E-state index in [0.717, 1.165) is 20.7 Å². The number of ketones is 1. The lowest BCUT2D eigenvalue weighted by atomic mass is 10.3. The van der Waals surface area contributed by atoms with Crippen LogP contribution in [0.4, 0.5) is 5.13 Å². The number of nitrogens with one attached hydrogen (secondary N) is 1. The molecular weight excluding hydrogens is 364 g/mol. The van der Waals surface area contributed by atoms with Gasteiger partial charge in [0.2, 0.25) is 0 Å². The average molecular weight is 375 g/mol. The van der Waals surface area contributed by atoms with Gasteiger partial charge in [-0.05, 0) is 22.0 Å². The van der Waals surface area contributed by atoms with Gasteiger partial charge in [-0.1, -0.05) is 11.3 Å². The van der Waals surface area contributed by atoms with Crippen molar-refractivity contribution in [2.75, 3.05) is 12.4 Å². The Hall–Kier alpha value is -1.25. The van der Waals surface area contributed by atoms with Crippen molar-refractivity contribution in [2.24, 2.45) is 0 Å². The molecule has 106 valence electrons. The van der Waals surface area contributed by atoms with Crippen molar-refractivity contribution in [3.05, 3.63) is 31.4 Å². The quantitative estimate of drug-likeness (QED) is 0.639. The second-order valence-corrected chi connectivity index (χ2v) is 6.74. The fourth-order valence-electron chi connectivity index (χ4n) is 1.48. The van der Waals surface area contributed by atoms with E-state index < -0.39 is 5.97 Å². The molecule has 5 nitrogen and oxygen atoms in total. The van der Waals surface area contributed by atoms with Crippen LogP contribution in [-0.2, 0) is 11.3 Å². The van der Waals surface area contributed by atoms with E-state index in [9.17, 15) is 9.59 Å². The van der Waals surface area contributed by atoms with E-state index in [1.165, 1.54) is 14.0 Å². The highest BCUT2D eigenvalue weighted by molar-refractivity contribution is 9.10. The minimum absolute atomic E-state index is 0.0693. The minimum atomic E-state index is -0.599. The summed E-state index contributed by atoms with van der Waals surface area (Å²) in [6.07, 6.45) is 0. The molecule has 0 aliphatic heterocycles. The highest BCUT2D eigenvalue weighted by Gasteiger charge is 2.21. The Labute approximate surface area is 132 Å². The molecular formula is C12H11BrN2O3S2. The standard InChI is InChI=1S/C12H11BrN2O3S2/c1-6(16)10-9(11(17)18-2)15-12(20-10)14-4-8-3-7(13)5-19-8/h3,5H,4H2,1-2H3,(H,14,15). The molecule has 0 saturated heterocycles. The maximum atomic E-state index is 11.6. The molecule has 0 aliphatic carbocycles. The van der Waals surface area contributed by atoms with Crippen LogP contribution < -0.4 is 5.32 Å². The third kappa shape index (κ3) is 3.44. The van der Waals surface area contributed by atoms with Crippen LogP contribution in [0.5, 0.6) is 0 Å². The molecule has 8 heteroatoms. The molecule has 2 aromatic heterocycles. The molecule has 0 bridgehead atoms. The van der Waals surface area contributed by atoms with Crippen molar-refractivity contribution in [1.29, 1.82) is 0 Å². The van der Waals surface area contributed by atoms with Gasteiger partial charge in [0.05, 0.1) is 13.7 Å². The van der Waals surface area contributed by atoms with Crippen LogP contribution in [0.15, 0.2) is 15.9 Å². The SMILES string of the molecule is COC(=O)c1nc(NCc2cc(Br)cs2)sc1C(C)=O. The zero-order valence-corrected chi connectivity index (χ0v) is 13.9. The van der Waals surface area contributed by atoms with Crippen LogP contribution in [0.3, 0.4) is 0 Å². The predicted octanol–water partition coefficient (Wildman–Crippen LogP) is 3.57. The van der Waals surface area contributed by atoms with Crippen molar-refractivity contribution in [1.82, 2.24) is 4.98 Å². The van der Waals surface area contributed by atoms with Gasteiger partial charge < -0.3 is 10.1 Å². The molecule has 0 atom stereocenters. The van der Waals surface area contributed by atoms with Gasteiger partial charge in [0.25, 0.3) is 0 Å². The molecule has 0 fully saturated rings. The maximum absolute atomic E-state index is 11.6. The van der Waals surface area contributed by atoms with Gasteiger partial charge >= 0.3 is 5.97 Å². The van der Waals surface area contributed by atoms with E-state index in [2.05, 4.69) is 31.0 Å². The molecule has 0 aliphatic rings. The molecule has 0 aromatic carbocycles. The lowest BCUT2D eigenvalue weighted by Gasteiger charge is -1.98. The molecule has 0 amide bonds. The number of thiazole rings is 1. The lowest BCUT2D eigenvalue weighted by Crippen LogP contribution is -2.07. The maximum Gasteiger partial charge on any atom is 0.358 e. The Morgan fingerprint density at radius 3 is 2.80 bits per heavy atom. The first-order valence-electron chi connectivity index (χ1n) is 5.58. The molecule has 0 radical (unpaired) electrons. The molecule has 0 saturated carbocycles. The third-order valence-corrected chi connectivity index (χ3v) is 5.17. The van der Waals surface area contributed by atoms with E-state index in [0.29, 0.717) is 16.6 Å². The van der Waals surface area contributed by atoms with Gasteiger partial charge in [0.15, 0.2) is 16.6 Å². The number of carbonyl (C=O) groups is 2. The Morgan fingerprint density at radius 1 is 1.50 bits per heavy atom. The second-order valence-electron chi connectivity index (χ2n) is 3.83. The van der Waals surface area contributed by atoms with Gasteiger partial charge in [-0.2, -0.15) is 0 Å². The summed E-state index contributed by atoms with van der Waals surface area (Å²) in [5.41, 5.74) is 0.0693. The first-order valence-corrected chi connectivity index (χ1v) is 8.07. The van der Waals surface area contributed by atoms with E-state index >= 15 is 0 Å². The van der Waals surface area contributed by atoms with E-state index in [4.69, 9.17) is 0 Å². The van der Waals surface area contributed by atoms with Gasteiger partial charge in [0.1, 0.15) is 4.88 Å². The number of carbonyl (C=O) groups excluding carboxylic acids is 2. The number of halogens is 1. The summed E-state index contributed by atoms with van der Waals surface area (Å²) in [4.78, 5) is 28.6. The Balaban J connectivity index is 2.16. The summed E-state index contributed by atoms with van der Waals surface area (Å²) in [6.45, 7) is 1.99. The number of anilines is 1. The number of rotatable bonds is 5. The van der Waals surface area contributed by atoms with Crippen LogP contribution in [0, 0.1) is 0 Å². The Bertz CT molecular complexity index is 651. The van der Waals surface area contributed by atoms with E-state index in [-0.39, 0.29) is 11.5 Å². The van der Waals surface area contributed by atoms with Crippen LogP contribution in [0.1, 0.15) is 32.0 Å². The summed E-state index contributed by atoms with van der Waals surface area (Å²) in [5.74, 6) is -0.798. The number of nitrogens with zero attached hydrogens (tertiary/aromatic N) is 1. The van der Waals surface area contributed by atoms with Crippen LogP contribution in [0.2, 0.25) is 0 Å². The molecule has 1 N–H and O–H groups in total. The van der Waals surface area contributed by atoms with Crippen LogP contribution >= 0.6 is 38.6 Å². The van der Waals surface area contributed by atoms with Gasteiger partial charge in [-0.3, -0.25) is 4.79 Å². The molecule has 2 heterocycles. The molecule has 20 heavy (non-hydrogen) atoms. The Morgan fingerprint density at radius 2 is 2.25 bits per heavy atom. The fourth-order valence-corrected chi connectivity index (χ4v) is 3.71. The smallest absolute Gasteiger partial charge is 0.358 e. The van der Waals surface area contributed by atoms with Gasteiger partial charge in [0, 0.05) is 21.7 Å². The van der Waals surface area contributed by atoms with Crippen LogP contribution in [0.25, 0.3) is 0 Å². The number of hydrogen-bond donors (Lipinski definition) is 1. The molecule has 2 aromatic rings. The number of aromatic nitrogens is 1. The number of ether oxygens (including phenoxy) is 1. The summed E-state index contributed by atoms with van der Waals surface area (Å²) in [5, 5.41) is 5.62. The number of thiophene rings is 1. The highest BCUT2D eigenvalue weighted by atomic mass is 79.9. The van der Waals surface area contributed by atoms with E-state index in [1.807, 2.05) is 11.4 Å². The van der Waals surface area contributed by atoms with Crippen molar-refractivity contribution < 1.29 is 14.3 Å². The molecule has 0 spiro atoms. The second kappa shape index (κ2) is 6.47. The third-order valence-electron chi connectivity index (χ3n) is 2.36. The lowest BCUT2D eigenvalue weighted by molar-refractivity contribution is 0.0591. The molecule has 2 rings (SSSR count). The fraction of sp³-hybridized carbons (Fsp3) is 0.250. The van der Waals surface area contributed by atoms with E-state index in [1.54, 1.807) is 11.3 Å². The monoisotopic (exact) mass is 374 g/mol. The van der Waals surface area contributed by atoms with Gasteiger partial charge in [-0.15, -0.1) is 11.3 Å². The summed E-state index contributed by atoms with van der Waals surface area (Å²) in [7, 11) is 1.27. The minimum Gasteiger partial charge on any atom is -0.464 e. The van der Waals surface area contributed by atoms with Crippen LogP contribution in [-0.4, -0.2) is 23.8 Å². The normalized spacial score (nSPS) is 10.3. The Kier molecular flexibility index (Phi) is 4.90. The number of esters is 1. The van der Waals surface area contributed by atoms with Crippen molar-refractivity contribution in [3.63, 3.8) is 0 Å². The topological polar surface area (TPSA) is 68.3 Å². The first kappa shape index (κ1) is 15.1. The average Bonchev–Trinajstić information content (AvgIpc) is 3.01. The first-order chi connectivity index (χ1) is 9.51. The number of Topliss-reactive ketones (excluding diaryl/α,β-unsaturated/α-hetero) is 1. The zero-order valence-electron chi connectivity index (χ0n) is 10.7. The summed E-state index contributed by atoms with van der Waals surface area (Å²) < 4.78 is 5.65. The zero-order chi connectivity index (χ0) is 14.7. The largest absolute Gasteiger partial charge is 0.464 e. The number of methoxy groups -OCH3 is 1. The van der Waals surface area contributed by atoms with Crippen molar-refractivity contribution >= 4 is 55.5 Å². The van der Waals surface area contributed by atoms with Crippen molar-refractivity contribution in [2.45, 2.75) is 13.5 Å². The molecule has 0 unspecified atom stereocenters. The predicted molar refractivity (Wildman–Crippen MR) is 82.8 cm³/mol. The van der Waals surface area contributed by atoms with Gasteiger partial charge in [-0.25, -0.2) is 9.78 Å².